The summed E-state index contributed by atoms with van der Waals surface area (Å²) in [5, 5.41) is 8.62. The van der Waals surface area contributed by atoms with Gasteiger partial charge in [-0.15, -0.1) is 0 Å². The first kappa shape index (κ1) is 23.6. The van der Waals surface area contributed by atoms with Gasteiger partial charge in [0, 0.05) is 12.1 Å². The molecule has 0 aromatic heterocycles. The molecule has 1 aromatic rings. The minimum absolute atomic E-state index is 0.153. The fraction of sp³-hybridized carbons (Fsp3) is 0.409. The fourth-order valence-electron chi connectivity index (χ4n) is 3.28. The Hall–Kier alpha value is -2.69. The third-order valence-electron chi connectivity index (χ3n) is 4.90. The van der Waals surface area contributed by atoms with Crippen LogP contribution < -0.4 is 4.74 Å². The molecule has 162 valence electrons. The standard InChI is InChI=1S/C22H21F6NO/c1-13(23)8-16(15-6-4-3-5-7-15)9-19(24)14(2)22(27,28)30-17-10-20(25)18(12-29)21(26)11-17/h8-11,15H,3-7H2,1-2H3/b13-8+,16-9+,19-14-. The summed E-state index contributed by atoms with van der Waals surface area (Å²) in [6.07, 6.45) is 1.88. The van der Waals surface area contributed by atoms with E-state index in [4.69, 9.17) is 5.26 Å². The second-order valence-corrected chi connectivity index (χ2v) is 7.18. The van der Waals surface area contributed by atoms with E-state index >= 15 is 0 Å². The third-order valence-corrected chi connectivity index (χ3v) is 4.90. The van der Waals surface area contributed by atoms with Gasteiger partial charge in [0.1, 0.15) is 34.8 Å². The zero-order chi connectivity index (χ0) is 22.5. The molecule has 0 bridgehead atoms. The molecule has 1 aromatic carbocycles. The highest BCUT2D eigenvalue weighted by molar-refractivity contribution is 5.39. The lowest BCUT2D eigenvalue weighted by molar-refractivity contribution is -0.143. The zero-order valence-corrected chi connectivity index (χ0v) is 16.5. The van der Waals surface area contributed by atoms with Crippen LogP contribution in [-0.2, 0) is 0 Å². The first-order valence-electron chi connectivity index (χ1n) is 9.43. The number of nitriles is 1. The van der Waals surface area contributed by atoms with E-state index in [-0.39, 0.29) is 11.5 Å². The van der Waals surface area contributed by atoms with Crippen molar-refractivity contribution in [2.75, 3.05) is 0 Å². The number of halogens is 6. The number of hydrogen-bond acceptors (Lipinski definition) is 2. The van der Waals surface area contributed by atoms with Gasteiger partial charge in [-0.3, -0.25) is 0 Å². The summed E-state index contributed by atoms with van der Waals surface area (Å²) in [6, 6.07) is 2.09. The van der Waals surface area contributed by atoms with Gasteiger partial charge in [-0.2, -0.15) is 14.0 Å². The highest BCUT2D eigenvalue weighted by atomic mass is 19.3. The van der Waals surface area contributed by atoms with Gasteiger partial charge in [0.05, 0.1) is 11.4 Å². The van der Waals surface area contributed by atoms with Crippen LogP contribution in [0.1, 0.15) is 51.5 Å². The maximum absolute atomic E-state index is 14.6. The molecule has 0 spiro atoms. The number of benzene rings is 1. The van der Waals surface area contributed by atoms with Gasteiger partial charge < -0.3 is 4.74 Å². The zero-order valence-electron chi connectivity index (χ0n) is 16.5. The highest BCUT2D eigenvalue weighted by Gasteiger charge is 2.37. The van der Waals surface area contributed by atoms with Gasteiger partial charge in [0.15, 0.2) is 0 Å². The molecule has 0 saturated heterocycles. The van der Waals surface area contributed by atoms with Crippen LogP contribution in [0.15, 0.2) is 47.1 Å². The van der Waals surface area contributed by atoms with Gasteiger partial charge in [0.2, 0.25) is 0 Å². The average molecular weight is 429 g/mol. The lowest BCUT2D eigenvalue weighted by Crippen LogP contribution is -2.27. The molecular weight excluding hydrogens is 408 g/mol. The van der Waals surface area contributed by atoms with Crippen molar-refractivity contribution in [3.63, 3.8) is 0 Å². The predicted molar refractivity (Wildman–Crippen MR) is 100.0 cm³/mol. The number of nitrogens with zero attached hydrogens (tertiary/aromatic N) is 1. The van der Waals surface area contributed by atoms with Crippen molar-refractivity contribution in [3.8, 4) is 11.8 Å². The molecule has 1 saturated carbocycles. The Kier molecular flexibility index (Phi) is 7.77. The molecule has 2 rings (SSSR count). The van der Waals surface area contributed by atoms with Crippen LogP contribution in [0.25, 0.3) is 0 Å². The monoisotopic (exact) mass is 429 g/mol. The Labute approximate surface area is 171 Å². The number of rotatable bonds is 6. The lowest BCUT2D eigenvalue weighted by Gasteiger charge is -2.23. The van der Waals surface area contributed by atoms with Gasteiger partial charge >= 0.3 is 6.11 Å². The minimum atomic E-state index is -4.24. The maximum atomic E-state index is 14.6. The normalized spacial score (nSPS) is 17.4. The van der Waals surface area contributed by atoms with Gasteiger partial charge in [0.25, 0.3) is 0 Å². The van der Waals surface area contributed by atoms with Crippen molar-refractivity contribution < 1.29 is 31.1 Å². The Morgan fingerprint density at radius 1 is 1.07 bits per heavy atom. The second kappa shape index (κ2) is 9.88. The van der Waals surface area contributed by atoms with Crippen molar-refractivity contribution in [2.24, 2.45) is 5.92 Å². The van der Waals surface area contributed by atoms with E-state index in [0.29, 0.717) is 25.0 Å². The molecule has 0 N–H and O–H groups in total. The molecule has 0 aliphatic heterocycles. The number of ether oxygens (including phenoxy) is 1. The lowest BCUT2D eigenvalue weighted by atomic mass is 9.83. The topological polar surface area (TPSA) is 33.0 Å². The maximum Gasteiger partial charge on any atom is 0.425 e. The minimum Gasteiger partial charge on any atom is -0.429 e. The van der Waals surface area contributed by atoms with Crippen molar-refractivity contribution in [1.82, 2.24) is 0 Å². The molecule has 30 heavy (non-hydrogen) atoms. The van der Waals surface area contributed by atoms with Crippen molar-refractivity contribution >= 4 is 0 Å². The summed E-state index contributed by atoms with van der Waals surface area (Å²) >= 11 is 0. The average Bonchev–Trinajstić information content (AvgIpc) is 2.66. The smallest absolute Gasteiger partial charge is 0.425 e. The van der Waals surface area contributed by atoms with E-state index in [1.165, 1.54) is 13.0 Å². The Morgan fingerprint density at radius 2 is 1.63 bits per heavy atom. The first-order valence-corrected chi connectivity index (χ1v) is 9.43. The van der Waals surface area contributed by atoms with Crippen LogP contribution in [0.5, 0.6) is 5.75 Å². The number of allylic oxidation sites excluding steroid dienone is 5. The van der Waals surface area contributed by atoms with E-state index < -0.39 is 46.3 Å². The first-order chi connectivity index (χ1) is 14.0. The van der Waals surface area contributed by atoms with Crippen LogP contribution >= 0.6 is 0 Å². The van der Waals surface area contributed by atoms with E-state index in [1.54, 1.807) is 0 Å². The highest BCUT2D eigenvalue weighted by Crippen LogP contribution is 2.35. The third kappa shape index (κ3) is 5.91. The van der Waals surface area contributed by atoms with Gasteiger partial charge in [-0.05, 0) is 50.3 Å². The molecule has 0 heterocycles. The summed E-state index contributed by atoms with van der Waals surface area (Å²) < 4.78 is 88.4. The summed E-state index contributed by atoms with van der Waals surface area (Å²) in [5.74, 6) is -5.73. The van der Waals surface area contributed by atoms with Crippen molar-refractivity contribution in [1.29, 1.82) is 5.26 Å². The van der Waals surface area contributed by atoms with Gasteiger partial charge in [-0.25, -0.2) is 17.6 Å². The Bertz CT molecular complexity index is 893. The molecule has 0 amide bonds. The van der Waals surface area contributed by atoms with E-state index in [2.05, 4.69) is 4.74 Å². The molecule has 0 unspecified atom stereocenters. The van der Waals surface area contributed by atoms with Crippen LogP contribution in [-0.4, -0.2) is 6.11 Å². The molecule has 1 aliphatic carbocycles. The Morgan fingerprint density at radius 3 is 2.13 bits per heavy atom. The van der Waals surface area contributed by atoms with Crippen molar-refractivity contribution in [3.05, 3.63) is 64.3 Å². The molecule has 8 heteroatoms. The summed E-state index contributed by atoms with van der Waals surface area (Å²) in [7, 11) is 0. The summed E-state index contributed by atoms with van der Waals surface area (Å²) in [5.41, 5.74) is -1.82. The quantitative estimate of drug-likeness (QED) is 0.348. The largest absolute Gasteiger partial charge is 0.429 e. The van der Waals surface area contributed by atoms with Crippen molar-refractivity contribution in [2.45, 2.75) is 52.1 Å². The molecule has 2 nitrogen and oxygen atoms in total. The van der Waals surface area contributed by atoms with E-state index in [1.807, 2.05) is 0 Å². The number of hydrogen-bond donors (Lipinski definition) is 0. The fourth-order valence-corrected chi connectivity index (χ4v) is 3.28. The molecule has 0 radical (unpaired) electrons. The number of alkyl halides is 2. The van der Waals surface area contributed by atoms with E-state index in [0.717, 1.165) is 38.3 Å². The second-order valence-electron chi connectivity index (χ2n) is 7.18. The molecule has 1 aliphatic rings. The van der Waals surface area contributed by atoms with Crippen LogP contribution in [0.3, 0.4) is 0 Å². The SMILES string of the molecule is C\C(=C(F)/C=C(\C=C(/C)F)C1CCCCC1)C(F)(F)Oc1cc(F)c(C#N)c(F)c1. The van der Waals surface area contributed by atoms with Crippen LogP contribution in [0.2, 0.25) is 0 Å². The van der Waals surface area contributed by atoms with E-state index in [9.17, 15) is 26.3 Å². The summed E-state index contributed by atoms with van der Waals surface area (Å²) in [4.78, 5) is 0. The predicted octanol–water partition coefficient (Wildman–Crippen LogP) is 7.43. The summed E-state index contributed by atoms with van der Waals surface area (Å²) in [6.45, 7) is 1.95. The molecular formula is C22H21F6NO. The van der Waals surface area contributed by atoms with Crippen LogP contribution in [0, 0.1) is 28.9 Å². The van der Waals surface area contributed by atoms with Gasteiger partial charge in [-0.1, -0.05) is 19.3 Å². The molecule has 0 atom stereocenters. The van der Waals surface area contributed by atoms with Crippen LogP contribution in [0.4, 0.5) is 26.3 Å². The Balaban J connectivity index is 2.36. The molecule has 1 fully saturated rings.